The van der Waals surface area contributed by atoms with Crippen molar-refractivity contribution in [1.29, 1.82) is 0 Å². The molecule has 0 saturated carbocycles. The van der Waals surface area contributed by atoms with Gasteiger partial charge in [-0.05, 0) is 31.0 Å². The molecule has 0 spiro atoms. The minimum absolute atomic E-state index is 1.05. The first-order chi connectivity index (χ1) is 6.38. The maximum Gasteiger partial charge on any atom is 0.0168 e. The van der Waals surface area contributed by atoms with Crippen molar-refractivity contribution in [2.45, 2.75) is 13.3 Å². The first-order valence-corrected chi connectivity index (χ1v) is 4.82. The van der Waals surface area contributed by atoms with Crippen LogP contribution in [0.4, 0.5) is 0 Å². The molecule has 0 saturated heterocycles. The fourth-order valence-electron chi connectivity index (χ4n) is 1.84. The van der Waals surface area contributed by atoms with Gasteiger partial charge in [0.05, 0.1) is 0 Å². The van der Waals surface area contributed by atoms with E-state index in [0.29, 0.717) is 0 Å². The number of benzene rings is 1. The van der Waals surface area contributed by atoms with Crippen molar-refractivity contribution in [2.75, 3.05) is 13.1 Å². The standard InChI is InChI=1S/C12H15N/c1-10-9-13-8-7-12(10)11-5-3-2-4-6-11/h2-6,13H,7-9H2,1H3. The molecule has 0 fully saturated rings. The van der Waals surface area contributed by atoms with E-state index >= 15 is 0 Å². The van der Waals surface area contributed by atoms with Gasteiger partial charge in [-0.1, -0.05) is 35.9 Å². The summed E-state index contributed by atoms with van der Waals surface area (Å²) in [5, 5.41) is 3.38. The second-order valence-electron chi connectivity index (χ2n) is 3.55. The average Bonchev–Trinajstić information content (AvgIpc) is 2.20. The highest BCUT2D eigenvalue weighted by molar-refractivity contribution is 5.69. The number of hydrogen-bond acceptors (Lipinski definition) is 1. The van der Waals surface area contributed by atoms with Crippen LogP contribution in [0.25, 0.3) is 5.57 Å². The van der Waals surface area contributed by atoms with Gasteiger partial charge >= 0.3 is 0 Å². The van der Waals surface area contributed by atoms with Gasteiger partial charge in [-0.25, -0.2) is 0 Å². The van der Waals surface area contributed by atoms with Crippen molar-refractivity contribution in [2.24, 2.45) is 0 Å². The lowest BCUT2D eigenvalue weighted by Gasteiger charge is -2.19. The summed E-state index contributed by atoms with van der Waals surface area (Å²) in [6.07, 6.45) is 1.16. The highest BCUT2D eigenvalue weighted by Crippen LogP contribution is 2.23. The van der Waals surface area contributed by atoms with E-state index in [1.54, 1.807) is 0 Å². The molecule has 0 radical (unpaired) electrons. The fraction of sp³-hybridized carbons (Fsp3) is 0.333. The highest BCUT2D eigenvalue weighted by Gasteiger charge is 2.09. The summed E-state index contributed by atoms with van der Waals surface area (Å²) in [5.74, 6) is 0. The Kier molecular flexibility index (Phi) is 2.46. The van der Waals surface area contributed by atoms with E-state index in [1.807, 2.05) is 0 Å². The summed E-state index contributed by atoms with van der Waals surface area (Å²) in [6.45, 7) is 4.38. The van der Waals surface area contributed by atoms with Crippen LogP contribution in [-0.2, 0) is 0 Å². The lowest BCUT2D eigenvalue weighted by Crippen LogP contribution is -2.23. The van der Waals surface area contributed by atoms with Gasteiger partial charge in [0.1, 0.15) is 0 Å². The van der Waals surface area contributed by atoms with E-state index in [2.05, 4.69) is 42.6 Å². The van der Waals surface area contributed by atoms with Crippen LogP contribution in [0.15, 0.2) is 35.9 Å². The first-order valence-electron chi connectivity index (χ1n) is 4.82. The molecular formula is C12H15N. The van der Waals surface area contributed by atoms with Crippen molar-refractivity contribution < 1.29 is 0 Å². The SMILES string of the molecule is CC1=C(c2ccccc2)CCNC1. The highest BCUT2D eigenvalue weighted by atomic mass is 14.9. The molecule has 0 unspecified atom stereocenters. The Labute approximate surface area is 79.5 Å². The zero-order valence-electron chi connectivity index (χ0n) is 8.01. The van der Waals surface area contributed by atoms with Crippen LogP contribution in [0.3, 0.4) is 0 Å². The lowest BCUT2D eigenvalue weighted by molar-refractivity contribution is 0.714. The Morgan fingerprint density at radius 3 is 2.62 bits per heavy atom. The van der Waals surface area contributed by atoms with Crippen LogP contribution >= 0.6 is 0 Å². The monoisotopic (exact) mass is 173 g/mol. The molecule has 0 aliphatic carbocycles. The Morgan fingerprint density at radius 2 is 1.92 bits per heavy atom. The molecule has 0 aromatic heterocycles. The Hall–Kier alpha value is -1.08. The molecule has 13 heavy (non-hydrogen) atoms. The van der Waals surface area contributed by atoms with E-state index < -0.39 is 0 Å². The minimum atomic E-state index is 1.05. The van der Waals surface area contributed by atoms with Crippen LogP contribution in [0.2, 0.25) is 0 Å². The average molecular weight is 173 g/mol. The van der Waals surface area contributed by atoms with Crippen LogP contribution in [0.1, 0.15) is 18.9 Å². The molecule has 1 N–H and O–H groups in total. The number of rotatable bonds is 1. The zero-order chi connectivity index (χ0) is 9.10. The van der Waals surface area contributed by atoms with Gasteiger partial charge in [0.25, 0.3) is 0 Å². The van der Waals surface area contributed by atoms with Gasteiger partial charge in [-0.2, -0.15) is 0 Å². The predicted molar refractivity (Wildman–Crippen MR) is 56.5 cm³/mol. The van der Waals surface area contributed by atoms with Gasteiger partial charge in [0, 0.05) is 6.54 Å². The zero-order valence-corrected chi connectivity index (χ0v) is 8.01. The Balaban J connectivity index is 2.35. The topological polar surface area (TPSA) is 12.0 Å². The molecule has 1 aromatic carbocycles. The largest absolute Gasteiger partial charge is 0.313 e. The van der Waals surface area contributed by atoms with E-state index in [9.17, 15) is 0 Å². The third kappa shape index (κ3) is 1.81. The van der Waals surface area contributed by atoms with Crippen molar-refractivity contribution >= 4 is 5.57 Å². The smallest absolute Gasteiger partial charge is 0.0168 e. The third-order valence-electron chi connectivity index (χ3n) is 2.58. The van der Waals surface area contributed by atoms with Gasteiger partial charge < -0.3 is 5.32 Å². The summed E-state index contributed by atoms with van der Waals surface area (Å²) in [7, 11) is 0. The lowest BCUT2D eigenvalue weighted by atomic mass is 9.95. The molecule has 2 rings (SSSR count). The molecule has 1 aliphatic rings. The van der Waals surface area contributed by atoms with Gasteiger partial charge in [0.15, 0.2) is 0 Å². The summed E-state index contributed by atoms with van der Waals surface area (Å²) in [6, 6.07) is 10.7. The third-order valence-corrected chi connectivity index (χ3v) is 2.58. The second kappa shape index (κ2) is 3.75. The van der Waals surface area contributed by atoms with E-state index in [1.165, 1.54) is 16.7 Å². The molecule has 1 aromatic rings. The molecule has 0 amide bonds. The molecule has 0 atom stereocenters. The van der Waals surface area contributed by atoms with Crippen molar-refractivity contribution in [1.82, 2.24) is 5.32 Å². The van der Waals surface area contributed by atoms with Gasteiger partial charge in [-0.3, -0.25) is 0 Å². The number of hydrogen-bond donors (Lipinski definition) is 1. The van der Waals surface area contributed by atoms with Crippen LogP contribution in [0, 0.1) is 0 Å². The van der Waals surface area contributed by atoms with Crippen LogP contribution in [0.5, 0.6) is 0 Å². The molecule has 1 aliphatic heterocycles. The maximum absolute atomic E-state index is 3.38. The fourth-order valence-corrected chi connectivity index (χ4v) is 1.84. The van der Waals surface area contributed by atoms with E-state index in [-0.39, 0.29) is 0 Å². The Morgan fingerprint density at radius 1 is 1.15 bits per heavy atom. The van der Waals surface area contributed by atoms with Gasteiger partial charge in [-0.15, -0.1) is 0 Å². The Bertz CT molecular complexity index is 311. The van der Waals surface area contributed by atoms with Crippen molar-refractivity contribution in [3.05, 3.63) is 41.5 Å². The van der Waals surface area contributed by atoms with Gasteiger partial charge in [0.2, 0.25) is 0 Å². The number of nitrogens with one attached hydrogen (secondary N) is 1. The molecule has 0 bridgehead atoms. The summed E-state index contributed by atoms with van der Waals surface area (Å²) < 4.78 is 0. The molecule has 68 valence electrons. The summed E-state index contributed by atoms with van der Waals surface area (Å²) >= 11 is 0. The molecular weight excluding hydrogens is 158 g/mol. The summed E-state index contributed by atoms with van der Waals surface area (Å²) in [5.41, 5.74) is 4.40. The van der Waals surface area contributed by atoms with Crippen molar-refractivity contribution in [3.8, 4) is 0 Å². The van der Waals surface area contributed by atoms with E-state index in [0.717, 1.165) is 19.5 Å². The van der Waals surface area contributed by atoms with Crippen molar-refractivity contribution in [3.63, 3.8) is 0 Å². The normalized spacial score (nSPS) is 17.6. The first kappa shape index (κ1) is 8.52. The minimum Gasteiger partial charge on any atom is -0.313 e. The summed E-state index contributed by atoms with van der Waals surface area (Å²) in [4.78, 5) is 0. The predicted octanol–water partition coefficient (Wildman–Crippen LogP) is 2.45. The molecule has 1 heterocycles. The van der Waals surface area contributed by atoms with Crippen LogP contribution < -0.4 is 5.32 Å². The molecule has 1 nitrogen and oxygen atoms in total. The quantitative estimate of drug-likeness (QED) is 0.688. The van der Waals surface area contributed by atoms with Crippen LogP contribution in [-0.4, -0.2) is 13.1 Å². The maximum atomic E-state index is 3.38. The molecule has 1 heteroatoms. The van der Waals surface area contributed by atoms with E-state index in [4.69, 9.17) is 0 Å². The second-order valence-corrected chi connectivity index (χ2v) is 3.55.